The molecule has 1 heterocycles. The topological polar surface area (TPSA) is 87.5 Å². The Morgan fingerprint density at radius 2 is 1.84 bits per heavy atom. The van der Waals surface area contributed by atoms with Crippen molar-refractivity contribution in [2.45, 2.75) is 32.2 Å². The number of hydrogen-bond donors (Lipinski definition) is 3. The van der Waals surface area contributed by atoms with E-state index in [-0.39, 0.29) is 24.4 Å². The number of hydrogen-bond acceptors (Lipinski definition) is 4. The number of primary amides is 1. The van der Waals surface area contributed by atoms with Crippen molar-refractivity contribution >= 4 is 29.9 Å². The lowest BCUT2D eigenvalue weighted by atomic mass is 9.93. The van der Waals surface area contributed by atoms with Crippen LogP contribution in [0.3, 0.4) is 0 Å². The maximum absolute atomic E-state index is 12.4. The quantitative estimate of drug-likeness (QED) is 0.685. The molecule has 2 amide bonds. The molecule has 1 unspecified atom stereocenters. The molecule has 0 saturated carbocycles. The van der Waals surface area contributed by atoms with Crippen LogP contribution in [-0.2, 0) is 4.79 Å². The molecular weight excluding hydrogens is 340 g/mol. The monoisotopic (exact) mass is 368 g/mol. The van der Waals surface area contributed by atoms with E-state index in [1.54, 1.807) is 24.3 Å². The van der Waals surface area contributed by atoms with Crippen molar-refractivity contribution < 1.29 is 9.59 Å². The zero-order valence-electron chi connectivity index (χ0n) is 15.0. The molecule has 1 fully saturated rings. The average molecular weight is 369 g/mol. The lowest BCUT2D eigenvalue weighted by Gasteiger charge is -2.35. The van der Waals surface area contributed by atoms with Gasteiger partial charge in [-0.15, -0.1) is 12.4 Å². The SMILES string of the molecule is CNCCC1CCN(C(C)C(=O)Nc2ccc(C(N)=O)cc2)CC1.Cl. The molecule has 1 saturated heterocycles. The summed E-state index contributed by atoms with van der Waals surface area (Å²) in [6.07, 6.45) is 3.50. The summed E-state index contributed by atoms with van der Waals surface area (Å²) >= 11 is 0. The molecular formula is C18H29ClN4O2. The van der Waals surface area contributed by atoms with Gasteiger partial charge in [-0.05, 0) is 83.1 Å². The summed E-state index contributed by atoms with van der Waals surface area (Å²) in [5.74, 6) is 0.267. The Kier molecular flexibility index (Phi) is 8.89. The highest BCUT2D eigenvalue weighted by Gasteiger charge is 2.26. The van der Waals surface area contributed by atoms with E-state index in [1.165, 1.54) is 6.42 Å². The number of piperidine rings is 1. The maximum Gasteiger partial charge on any atom is 0.248 e. The number of carbonyl (C=O) groups is 2. The molecule has 25 heavy (non-hydrogen) atoms. The summed E-state index contributed by atoms with van der Waals surface area (Å²) in [6.45, 7) is 4.93. The first-order chi connectivity index (χ1) is 11.5. The summed E-state index contributed by atoms with van der Waals surface area (Å²) in [4.78, 5) is 25.7. The summed E-state index contributed by atoms with van der Waals surface area (Å²) in [5, 5.41) is 6.11. The highest BCUT2D eigenvalue weighted by Crippen LogP contribution is 2.22. The zero-order chi connectivity index (χ0) is 17.5. The van der Waals surface area contributed by atoms with Gasteiger partial charge in [-0.25, -0.2) is 0 Å². The van der Waals surface area contributed by atoms with E-state index in [2.05, 4.69) is 15.5 Å². The molecule has 1 aliphatic rings. The zero-order valence-corrected chi connectivity index (χ0v) is 15.8. The molecule has 7 heteroatoms. The molecule has 1 aliphatic heterocycles. The molecule has 1 aromatic carbocycles. The van der Waals surface area contributed by atoms with E-state index in [0.717, 1.165) is 38.4 Å². The van der Waals surface area contributed by atoms with E-state index >= 15 is 0 Å². The first-order valence-corrected chi connectivity index (χ1v) is 8.60. The van der Waals surface area contributed by atoms with E-state index in [1.807, 2.05) is 14.0 Å². The number of anilines is 1. The Morgan fingerprint density at radius 1 is 1.24 bits per heavy atom. The molecule has 0 radical (unpaired) electrons. The number of nitrogens with zero attached hydrogens (tertiary/aromatic N) is 1. The largest absolute Gasteiger partial charge is 0.366 e. The number of rotatable bonds is 7. The number of benzene rings is 1. The number of carbonyl (C=O) groups excluding carboxylic acids is 2. The highest BCUT2D eigenvalue weighted by atomic mass is 35.5. The van der Waals surface area contributed by atoms with Crippen LogP contribution in [0.1, 0.15) is 36.5 Å². The molecule has 1 atom stereocenters. The molecule has 0 spiro atoms. The van der Waals surface area contributed by atoms with Gasteiger partial charge in [0, 0.05) is 11.3 Å². The Labute approximate surface area is 155 Å². The van der Waals surface area contributed by atoms with Crippen molar-refractivity contribution in [1.29, 1.82) is 0 Å². The minimum atomic E-state index is -0.470. The molecule has 0 bridgehead atoms. The van der Waals surface area contributed by atoms with Crippen LogP contribution in [0.4, 0.5) is 5.69 Å². The smallest absolute Gasteiger partial charge is 0.248 e. The summed E-state index contributed by atoms with van der Waals surface area (Å²) in [6, 6.07) is 6.49. The average Bonchev–Trinajstić information content (AvgIpc) is 2.60. The van der Waals surface area contributed by atoms with E-state index < -0.39 is 5.91 Å². The third-order valence-electron chi connectivity index (χ3n) is 4.82. The number of halogens is 1. The van der Waals surface area contributed by atoms with Gasteiger partial charge in [0.25, 0.3) is 0 Å². The Bertz CT molecular complexity index is 557. The fourth-order valence-corrected chi connectivity index (χ4v) is 3.11. The third-order valence-corrected chi connectivity index (χ3v) is 4.82. The van der Waals surface area contributed by atoms with E-state index in [4.69, 9.17) is 5.73 Å². The van der Waals surface area contributed by atoms with Crippen molar-refractivity contribution in [1.82, 2.24) is 10.2 Å². The second-order valence-electron chi connectivity index (χ2n) is 6.48. The summed E-state index contributed by atoms with van der Waals surface area (Å²) < 4.78 is 0. The van der Waals surface area contributed by atoms with Crippen LogP contribution in [0.2, 0.25) is 0 Å². The van der Waals surface area contributed by atoms with Gasteiger partial charge >= 0.3 is 0 Å². The van der Waals surface area contributed by atoms with Gasteiger partial charge in [-0.1, -0.05) is 0 Å². The van der Waals surface area contributed by atoms with Gasteiger partial charge in [0.05, 0.1) is 6.04 Å². The lowest BCUT2D eigenvalue weighted by Crippen LogP contribution is -2.46. The van der Waals surface area contributed by atoms with Crippen LogP contribution in [0, 0.1) is 5.92 Å². The predicted molar refractivity (Wildman–Crippen MR) is 103 cm³/mol. The van der Waals surface area contributed by atoms with Gasteiger partial charge in [0.2, 0.25) is 11.8 Å². The van der Waals surface area contributed by atoms with Crippen molar-refractivity contribution in [3.63, 3.8) is 0 Å². The van der Waals surface area contributed by atoms with E-state index in [9.17, 15) is 9.59 Å². The minimum absolute atomic E-state index is 0. The molecule has 140 valence electrons. The van der Waals surface area contributed by atoms with E-state index in [0.29, 0.717) is 11.3 Å². The first-order valence-electron chi connectivity index (χ1n) is 8.60. The van der Waals surface area contributed by atoms with Gasteiger partial charge in [0.15, 0.2) is 0 Å². The van der Waals surface area contributed by atoms with Crippen LogP contribution in [-0.4, -0.2) is 49.4 Å². The highest BCUT2D eigenvalue weighted by molar-refractivity contribution is 5.96. The number of likely N-dealkylation sites (tertiary alicyclic amines) is 1. The normalized spacial score (nSPS) is 16.7. The van der Waals surface area contributed by atoms with Gasteiger partial charge < -0.3 is 16.4 Å². The van der Waals surface area contributed by atoms with Crippen LogP contribution in [0.5, 0.6) is 0 Å². The number of nitrogens with two attached hydrogens (primary N) is 1. The Morgan fingerprint density at radius 3 is 2.36 bits per heavy atom. The molecule has 0 aromatic heterocycles. The second-order valence-corrected chi connectivity index (χ2v) is 6.48. The Balaban J connectivity index is 0.00000312. The second kappa shape index (κ2) is 10.4. The van der Waals surface area contributed by atoms with Crippen molar-refractivity contribution in [2.75, 3.05) is 32.0 Å². The van der Waals surface area contributed by atoms with Crippen molar-refractivity contribution in [3.05, 3.63) is 29.8 Å². The molecule has 2 rings (SSSR count). The van der Waals surface area contributed by atoms with Crippen molar-refractivity contribution in [3.8, 4) is 0 Å². The molecule has 1 aromatic rings. The molecule has 0 aliphatic carbocycles. The predicted octanol–water partition coefficient (Wildman–Crippen LogP) is 1.86. The molecule has 6 nitrogen and oxygen atoms in total. The summed E-state index contributed by atoms with van der Waals surface area (Å²) in [5.41, 5.74) is 6.33. The summed E-state index contributed by atoms with van der Waals surface area (Å²) in [7, 11) is 1.98. The fourth-order valence-electron chi connectivity index (χ4n) is 3.11. The van der Waals surface area contributed by atoms with Crippen molar-refractivity contribution in [2.24, 2.45) is 11.7 Å². The van der Waals surface area contributed by atoms with Crippen LogP contribution in [0.25, 0.3) is 0 Å². The lowest BCUT2D eigenvalue weighted by molar-refractivity contribution is -0.121. The fraction of sp³-hybridized carbons (Fsp3) is 0.556. The minimum Gasteiger partial charge on any atom is -0.366 e. The number of nitrogens with one attached hydrogen (secondary N) is 2. The van der Waals surface area contributed by atoms with Crippen LogP contribution >= 0.6 is 12.4 Å². The van der Waals surface area contributed by atoms with Gasteiger partial charge in [-0.3, -0.25) is 14.5 Å². The van der Waals surface area contributed by atoms with Crippen LogP contribution < -0.4 is 16.4 Å². The standard InChI is InChI=1S/C18H28N4O2.ClH/c1-13(22-11-8-14(9-12-22)7-10-20-2)18(24)21-16-5-3-15(4-6-16)17(19)23;/h3-6,13-14,20H,7-12H2,1-2H3,(H2,19,23)(H,21,24);1H. The van der Waals surface area contributed by atoms with Crippen LogP contribution in [0.15, 0.2) is 24.3 Å². The molecule has 4 N–H and O–H groups in total. The van der Waals surface area contributed by atoms with Gasteiger partial charge in [0.1, 0.15) is 0 Å². The maximum atomic E-state index is 12.4. The number of amides is 2. The van der Waals surface area contributed by atoms with Gasteiger partial charge in [-0.2, -0.15) is 0 Å². The Hall–Kier alpha value is -1.63. The first kappa shape index (κ1) is 21.4. The third kappa shape index (κ3) is 6.30.